The topological polar surface area (TPSA) is 47.6 Å². The monoisotopic (exact) mass is 391 g/mol. The number of aryl methyl sites for hydroxylation is 1. The summed E-state index contributed by atoms with van der Waals surface area (Å²) in [6.07, 6.45) is 1.91. The summed E-state index contributed by atoms with van der Waals surface area (Å²) in [5, 5.41) is 2.96. The molecule has 24 heavy (non-hydrogen) atoms. The normalized spacial score (nSPS) is 10.3. The Morgan fingerprint density at radius 3 is 2.38 bits per heavy atom. The van der Waals surface area contributed by atoms with Gasteiger partial charge in [0.15, 0.2) is 11.5 Å². The number of benzene rings is 2. The molecule has 0 aliphatic heterocycles. The first kappa shape index (κ1) is 18.3. The highest BCUT2D eigenvalue weighted by Gasteiger charge is 2.11. The molecule has 0 radical (unpaired) electrons. The fourth-order valence-electron chi connectivity index (χ4n) is 2.42. The van der Waals surface area contributed by atoms with Crippen LogP contribution in [0.2, 0.25) is 0 Å². The maximum absolute atomic E-state index is 12.0. The van der Waals surface area contributed by atoms with Gasteiger partial charge in [0.1, 0.15) is 0 Å². The second-order valence-electron chi connectivity index (χ2n) is 5.38. The molecule has 0 bridgehead atoms. The van der Waals surface area contributed by atoms with E-state index in [4.69, 9.17) is 9.47 Å². The van der Waals surface area contributed by atoms with Crippen LogP contribution in [0.3, 0.4) is 0 Å². The molecular formula is C19H22BrNO3. The van der Waals surface area contributed by atoms with Gasteiger partial charge in [-0.25, -0.2) is 0 Å². The van der Waals surface area contributed by atoms with E-state index in [-0.39, 0.29) is 5.91 Å². The standard InChI is InChI=1S/C19H22BrNO3/c1-23-17-12-15(16(20)13-18(17)24-2)8-9-19(22)21-11-10-14-6-4-3-5-7-14/h3-7,12-13H,8-11H2,1-2H3,(H,21,22). The smallest absolute Gasteiger partial charge is 0.220 e. The van der Waals surface area contributed by atoms with E-state index in [0.717, 1.165) is 16.5 Å². The molecular weight excluding hydrogens is 370 g/mol. The number of nitrogens with one attached hydrogen (secondary N) is 1. The van der Waals surface area contributed by atoms with Crippen molar-refractivity contribution in [2.45, 2.75) is 19.3 Å². The van der Waals surface area contributed by atoms with Crippen molar-refractivity contribution >= 4 is 21.8 Å². The van der Waals surface area contributed by atoms with Crippen molar-refractivity contribution in [3.63, 3.8) is 0 Å². The minimum absolute atomic E-state index is 0.0487. The Bertz CT molecular complexity index is 674. The second-order valence-corrected chi connectivity index (χ2v) is 6.24. The number of methoxy groups -OCH3 is 2. The molecule has 0 heterocycles. The van der Waals surface area contributed by atoms with Gasteiger partial charge in [0, 0.05) is 17.4 Å². The van der Waals surface area contributed by atoms with Gasteiger partial charge < -0.3 is 14.8 Å². The number of ether oxygens (including phenoxy) is 2. The van der Waals surface area contributed by atoms with Crippen molar-refractivity contribution in [2.75, 3.05) is 20.8 Å². The van der Waals surface area contributed by atoms with Crippen LogP contribution in [-0.4, -0.2) is 26.7 Å². The molecule has 0 aliphatic carbocycles. The molecule has 1 amide bonds. The Hall–Kier alpha value is -2.01. The fraction of sp³-hybridized carbons (Fsp3) is 0.316. The largest absolute Gasteiger partial charge is 0.493 e. The maximum atomic E-state index is 12.0. The summed E-state index contributed by atoms with van der Waals surface area (Å²) in [5.41, 5.74) is 2.24. The molecule has 0 spiro atoms. The van der Waals surface area contributed by atoms with E-state index in [1.54, 1.807) is 14.2 Å². The van der Waals surface area contributed by atoms with Gasteiger partial charge in [0.05, 0.1) is 14.2 Å². The van der Waals surface area contributed by atoms with Crippen molar-refractivity contribution in [2.24, 2.45) is 0 Å². The molecule has 0 fully saturated rings. The average molecular weight is 392 g/mol. The van der Waals surface area contributed by atoms with Gasteiger partial charge in [-0.05, 0) is 36.1 Å². The van der Waals surface area contributed by atoms with Crippen LogP contribution in [0.25, 0.3) is 0 Å². The summed E-state index contributed by atoms with van der Waals surface area (Å²) in [4.78, 5) is 12.0. The first-order valence-electron chi connectivity index (χ1n) is 7.85. The van der Waals surface area contributed by atoms with Crippen LogP contribution in [0.5, 0.6) is 11.5 Å². The summed E-state index contributed by atoms with van der Waals surface area (Å²) < 4.78 is 11.5. The first-order chi connectivity index (χ1) is 11.6. The highest BCUT2D eigenvalue weighted by atomic mass is 79.9. The van der Waals surface area contributed by atoms with E-state index in [1.165, 1.54) is 5.56 Å². The molecule has 4 nitrogen and oxygen atoms in total. The molecule has 0 saturated carbocycles. The van der Waals surface area contributed by atoms with E-state index < -0.39 is 0 Å². The Kier molecular flexibility index (Phi) is 7.12. The van der Waals surface area contributed by atoms with Crippen LogP contribution in [0.15, 0.2) is 46.9 Å². The van der Waals surface area contributed by atoms with Gasteiger partial charge in [-0.3, -0.25) is 4.79 Å². The molecule has 2 aromatic rings. The summed E-state index contributed by atoms with van der Waals surface area (Å²) in [6.45, 7) is 0.649. The molecule has 1 N–H and O–H groups in total. The molecule has 2 rings (SSSR count). The third-order valence-corrected chi connectivity index (χ3v) is 4.49. The summed E-state index contributed by atoms with van der Waals surface area (Å²) in [7, 11) is 3.20. The van der Waals surface area contributed by atoms with Gasteiger partial charge in [-0.15, -0.1) is 0 Å². The van der Waals surface area contributed by atoms with Crippen LogP contribution in [0.4, 0.5) is 0 Å². The minimum Gasteiger partial charge on any atom is -0.493 e. The lowest BCUT2D eigenvalue weighted by molar-refractivity contribution is -0.121. The Morgan fingerprint density at radius 2 is 1.71 bits per heavy atom. The number of hydrogen-bond donors (Lipinski definition) is 1. The quantitative estimate of drug-likeness (QED) is 0.744. The summed E-state index contributed by atoms with van der Waals surface area (Å²) in [6, 6.07) is 13.9. The number of carbonyl (C=O) groups excluding carboxylic acids is 1. The van der Waals surface area contributed by atoms with Crippen molar-refractivity contribution in [1.29, 1.82) is 0 Å². The SMILES string of the molecule is COc1cc(Br)c(CCC(=O)NCCc2ccccc2)cc1OC. The zero-order valence-corrected chi connectivity index (χ0v) is 15.6. The third kappa shape index (κ3) is 5.27. The van der Waals surface area contributed by atoms with Crippen LogP contribution >= 0.6 is 15.9 Å². The lowest BCUT2D eigenvalue weighted by Gasteiger charge is -2.12. The minimum atomic E-state index is 0.0487. The van der Waals surface area contributed by atoms with Crippen LogP contribution < -0.4 is 14.8 Å². The average Bonchev–Trinajstić information content (AvgIpc) is 2.61. The molecule has 5 heteroatoms. The van der Waals surface area contributed by atoms with E-state index >= 15 is 0 Å². The Balaban J connectivity index is 1.83. The van der Waals surface area contributed by atoms with Gasteiger partial charge in [0.2, 0.25) is 5.91 Å². The molecule has 0 aromatic heterocycles. The molecule has 0 aliphatic rings. The predicted octanol–water partition coefficient (Wildman–Crippen LogP) is 3.76. The van der Waals surface area contributed by atoms with E-state index in [2.05, 4.69) is 33.4 Å². The van der Waals surface area contributed by atoms with Crippen molar-refractivity contribution in [1.82, 2.24) is 5.32 Å². The van der Waals surface area contributed by atoms with E-state index in [9.17, 15) is 4.79 Å². The lowest BCUT2D eigenvalue weighted by Crippen LogP contribution is -2.25. The zero-order chi connectivity index (χ0) is 17.4. The van der Waals surface area contributed by atoms with Gasteiger partial charge in [-0.2, -0.15) is 0 Å². The van der Waals surface area contributed by atoms with Crippen molar-refractivity contribution < 1.29 is 14.3 Å². The highest BCUT2D eigenvalue weighted by Crippen LogP contribution is 2.33. The number of carbonyl (C=O) groups is 1. The van der Waals surface area contributed by atoms with Crippen LogP contribution in [0.1, 0.15) is 17.5 Å². The number of hydrogen-bond acceptors (Lipinski definition) is 3. The predicted molar refractivity (Wildman–Crippen MR) is 98.7 cm³/mol. The van der Waals surface area contributed by atoms with Crippen LogP contribution in [-0.2, 0) is 17.6 Å². The van der Waals surface area contributed by atoms with E-state index in [1.807, 2.05) is 30.3 Å². The van der Waals surface area contributed by atoms with Crippen LogP contribution in [0, 0.1) is 0 Å². The Morgan fingerprint density at radius 1 is 1.04 bits per heavy atom. The molecule has 128 valence electrons. The fourth-order valence-corrected chi connectivity index (χ4v) is 2.94. The van der Waals surface area contributed by atoms with Crippen molar-refractivity contribution in [3.05, 3.63) is 58.1 Å². The van der Waals surface area contributed by atoms with Gasteiger partial charge in [0.25, 0.3) is 0 Å². The lowest BCUT2D eigenvalue weighted by atomic mass is 10.1. The van der Waals surface area contributed by atoms with Gasteiger partial charge in [-0.1, -0.05) is 46.3 Å². The van der Waals surface area contributed by atoms with Crippen molar-refractivity contribution in [3.8, 4) is 11.5 Å². The summed E-state index contributed by atoms with van der Waals surface area (Å²) in [5.74, 6) is 1.38. The molecule has 0 saturated heterocycles. The zero-order valence-electron chi connectivity index (χ0n) is 14.0. The van der Waals surface area contributed by atoms with E-state index in [0.29, 0.717) is 30.9 Å². The number of halogens is 1. The number of rotatable bonds is 8. The first-order valence-corrected chi connectivity index (χ1v) is 8.64. The molecule has 2 aromatic carbocycles. The van der Waals surface area contributed by atoms with Gasteiger partial charge >= 0.3 is 0 Å². The third-order valence-electron chi connectivity index (χ3n) is 3.75. The highest BCUT2D eigenvalue weighted by molar-refractivity contribution is 9.10. The second kappa shape index (κ2) is 9.33. The maximum Gasteiger partial charge on any atom is 0.220 e. The Labute approximate surface area is 151 Å². The molecule has 0 unspecified atom stereocenters. The molecule has 0 atom stereocenters. The summed E-state index contributed by atoms with van der Waals surface area (Å²) >= 11 is 3.52. The number of amides is 1.